The lowest BCUT2D eigenvalue weighted by atomic mass is 10.2. The molecule has 134 valence electrons. The maximum Gasteiger partial charge on any atom is 0.286 e. The van der Waals surface area contributed by atoms with E-state index in [0.717, 1.165) is 23.8 Å². The lowest BCUT2D eigenvalue weighted by Crippen LogP contribution is -2.38. The number of ether oxygens (including phenoxy) is 3. The summed E-state index contributed by atoms with van der Waals surface area (Å²) in [5, 5.41) is 0.760. The van der Waals surface area contributed by atoms with Crippen molar-refractivity contribution in [1.82, 2.24) is 4.90 Å². The van der Waals surface area contributed by atoms with Gasteiger partial charge < -0.3 is 19.1 Å². The van der Waals surface area contributed by atoms with E-state index in [0.29, 0.717) is 42.8 Å². The first kappa shape index (κ1) is 17.8. The number of nitrogens with zero attached hydrogens (tertiary/aromatic N) is 2. The first-order valence-electron chi connectivity index (χ1n) is 8.46. The molecule has 1 saturated heterocycles. The van der Waals surface area contributed by atoms with Gasteiger partial charge in [-0.15, -0.1) is 0 Å². The van der Waals surface area contributed by atoms with Crippen LogP contribution in [0, 0.1) is 0 Å². The Morgan fingerprint density at radius 2 is 1.92 bits per heavy atom. The number of hydrogen-bond donors (Lipinski definition) is 0. The topological polar surface area (TPSA) is 60.4 Å². The quantitative estimate of drug-likeness (QED) is 0.751. The number of aliphatic imine (C=N–C) groups is 1. The molecular formula is C18H22N2O4S. The van der Waals surface area contributed by atoms with Crippen molar-refractivity contribution >= 4 is 28.9 Å². The van der Waals surface area contributed by atoms with E-state index in [-0.39, 0.29) is 5.91 Å². The molecule has 2 heterocycles. The van der Waals surface area contributed by atoms with Crippen molar-refractivity contribution in [3.8, 4) is 11.5 Å². The number of amides is 1. The Labute approximate surface area is 151 Å². The second kappa shape index (κ2) is 8.40. The number of rotatable bonds is 5. The van der Waals surface area contributed by atoms with E-state index in [4.69, 9.17) is 14.2 Å². The molecular weight excluding hydrogens is 340 g/mol. The second-order valence-electron chi connectivity index (χ2n) is 5.48. The monoisotopic (exact) mass is 362 g/mol. The van der Waals surface area contributed by atoms with Crippen molar-refractivity contribution in [2.45, 2.75) is 13.8 Å². The van der Waals surface area contributed by atoms with E-state index < -0.39 is 0 Å². The van der Waals surface area contributed by atoms with E-state index in [1.165, 1.54) is 11.8 Å². The van der Waals surface area contributed by atoms with Gasteiger partial charge in [0, 0.05) is 13.1 Å². The highest BCUT2D eigenvalue weighted by atomic mass is 32.2. The molecule has 7 heteroatoms. The van der Waals surface area contributed by atoms with Crippen LogP contribution in [-0.4, -0.2) is 55.5 Å². The van der Waals surface area contributed by atoms with Gasteiger partial charge in [-0.3, -0.25) is 4.79 Å². The highest BCUT2D eigenvalue weighted by molar-refractivity contribution is 8.18. The third-order valence-electron chi connectivity index (χ3n) is 3.76. The predicted octanol–water partition coefficient (Wildman–Crippen LogP) is 2.79. The second-order valence-corrected chi connectivity index (χ2v) is 6.49. The minimum atomic E-state index is -0.196. The van der Waals surface area contributed by atoms with Crippen LogP contribution in [0.1, 0.15) is 19.4 Å². The van der Waals surface area contributed by atoms with Gasteiger partial charge in [0.05, 0.1) is 31.3 Å². The summed E-state index contributed by atoms with van der Waals surface area (Å²) >= 11 is 1.41. The summed E-state index contributed by atoms with van der Waals surface area (Å²) < 4.78 is 16.6. The van der Waals surface area contributed by atoms with Gasteiger partial charge in [0.15, 0.2) is 16.7 Å². The lowest BCUT2D eigenvalue weighted by Gasteiger charge is -2.27. The third kappa shape index (κ3) is 4.35. The molecule has 25 heavy (non-hydrogen) atoms. The summed E-state index contributed by atoms with van der Waals surface area (Å²) in [6, 6.07) is 5.68. The SMILES string of the molecule is CCOc1ccc(C=C2SC(N3CCOCC3)=NC2=O)cc1OCC. The molecule has 3 rings (SSSR count). The summed E-state index contributed by atoms with van der Waals surface area (Å²) in [6.07, 6.45) is 1.85. The Kier molecular flexibility index (Phi) is 5.99. The van der Waals surface area contributed by atoms with Crippen molar-refractivity contribution < 1.29 is 19.0 Å². The molecule has 0 N–H and O–H groups in total. The maximum absolute atomic E-state index is 12.2. The number of hydrogen-bond acceptors (Lipinski definition) is 6. The van der Waals surface area contributed by atoms with E-state index >= 15 is 0 Å². The fourth-order valence-electron chi connectivity index (χ4n) is 2.60. The van der Waals surface area contributed by atoms with E-state index in [1.807, 2.05) is 38.1 Å². The summed E-state index contributed by atoms with van der Waals surface area (Å²) in [5.41, 5.74) is 0.890. The van der Waals surface area contributed by atoms with Gasteiger partial charge in [-0.1, -0.05) is 6.07 Å². The first-order valence-corrected chi connectivity index (χ1v) is 9.27. The summed E-state index contributed by atoms with van der Waals surface area (Å²) in [5.74, 6) is 1.20. The number of morpholine rings is 1. The summed E-state index contributed by atoms with van der Waals surface area (Å²) in [4.78, 5) is 19.1. The summed E-state index contributed by atoms with van der Waals surface area (Å²) in [6.45, 7) is 7.87. The Bertz CT molecular complexity index is 696. The fraction of sp³-hybridized carbons (Fsp3) is 0.444. The Morgan fingerprint density at radius 1 is 1.20 bits per heavy atom. The van der Waals surface area contributed by atoms with Crippen LogP contribution >= 0.6 is 11.8 Å². The molecule has 1 aromatic carbocycles. The van der Waals surface area contributed by atoms with Gasteiger partial charge in [-0.25, -0.2) is 0 Å². The van der Waals surface area contributed by atoms with Crippen LogP contribution in [0.3, 0.4) is 0 Å². The average molecular weight is 362 g/mol. The van der Waals surface area contributed by atoms with Crippen LogP contribution < -0.4 is 9.47 Å². The van der Waals surface area contributed by atoms with Crippen LogP contribution in [0.15, 0.2) is 28.1 Å². The standard InChI is InChI=1S/C18H22N2O4S/c1-3-23-14-6-5-13(11-15(14)24-4-2)12-16-17(21)19-18(25-16)20-7-9-22-10-8-20/h5-6,11-12H,3-4,7-10H2,1-2H3. The van der Waals surface area contributed by atoms with Crippen molar-refractivity contribution in [1.29, 1.82) is 0 Å². The fourth-order valence-corrected chi connectivity index (χ4v) is 3.56. The number of amidine groups is 1. The van der Waals surface area contributed by atoms with Crippen molar-refractivity contribution in [2.24, 2.45) is 4.99 Å². The molecule has 1 aromatic rings. The zero-order chi connectivity index (χ0) is 17.6. The van der Waals surface area contributed by atoms with E-state index in [1.54, 1.807) is 0 Å². The maximum atomic E-state index is 12.2. The van der Waals surface area contributed by atoms with Crippen LogP contribution in [0.2, 0.25) is 0 Å². The molecule has 0 saturated carbocycles. The van der Waals surface area contributed by atoms with Gasteiger partial charge in [0.2, 0.25) is 0 Å². The molecule has 2 aliphatic rings. The Hall–Kier alpha value is -1.99. The van der Waals surface area contributed by atoms with Gasteiger partial charge in [-0.05, 0) is 49.4 Å². The average Bonchev–Trinajstić information content (AvgIpc) is 2.99. The van der Waals surface area contributed by atoms with Gasteiger partial charge in [0.1, 0.15) is 0 Å². The highest BCUT2D eigenvalue weighted by Crippen LogP contribution is 2.33. The van der Waals surface area contributed by atoms with Gasteiger partial charge >= 0.3 is 0 Å². The molecule has 1 fully saturated rings. The third-order valence-corrected chi connectivity index (χ3v) is 4.80. The van der Waals surface area contributed by atoms with E-state index in [2.05, 4.69) is 9.89 Å². The largest absolute Gasteiger partial charge is 0.490 e. The summed E-state index contributed by atoms with van der Waals surface area (Å²) in [7, 11) is 0. The minimum Gasteiger partial charge on any atom is -0.490 e. The van der Waals surface area contributed by atoms with Crippen LogP contribution in [0.4, 0.5) is 0 Å². The number of carbonyl (C=O) groups excluding carboxylic acids is 1. The van der Waals surface area contributed by atoms with Crippen LogP contribution in [0.25, 0.3) is 6.08 Å². The molecule has 1 amide bonds. The smallest absolute Gasteiger partial charge is 0.286 e. The first-order chi connectivity index (χ1) is 12.2. The number of benzene rings is 1. The van der Waals surface area contributed by atoms with Crippen molar-refractivity contribution in [3.63, 3.8) is 0 Å². The lowest BCUT2D eigenvalue weighted by molar-refractivity contribution is -0.113. The zero-order valence-electron chi connectivity index (χ0n) is 14.5. The molecule has 2 aliphatic heterocycles. The molecule has 0 aromatic heterocycles. The van der Waals surface area contributed by atoms with Crippen molar-refractivity contribution in [3.05, 3.63) is 28.7 Å². The number of thioether (sulfide) groups is 1. The molecule has 0 aliphatic carbocycles. The minimum absolute atomic E-state index is 0.196. The number of carbonyl (C=O) groups is 1. The molecule has 0 unspecified atom stereocenters. The normalized spacial score (nSPS) is 19.3. The van der Waals surface area contributed by atoms with Gasteiger partial charge in [-0.2, -0.15) is 4.99 Å². The highest BCUT2D eigenvalue weighted by Gasteiger charge is 2.27. The van der Waals surface area contributed by atoms with Crippen LogP contribution in [-0.2, 0) is 9.53 Å². The van der Waals surface area contributed by atoms with Crippen LogP contribution in [0.5, 0.6) is 11.5 Å². The molecule has 0 radical (unpaired) electrons. The molecule has 6 nitrogen and oxygen atoms in total. The Morgan fingerprint density at radius 3 is 2.64 bits per heavy atom. The molecule has 0 spiro atoms. The zero-order valence-corrected chi connectivity index (χ0v) is 15.3. The Balaban J connectivity index is 1.76. The van der Waals surface area contributed by atoms with Gasteiger partial charge in [0.25, 0.3) is 5.91 Å². The van der Waals surface area contributed by atoms with E-state index in [9.17, 15) is 4.79 Å². The van der Waals surface area contributed by atoms with Crippen molar-refractivity contribution in [2.75, 3.05) is 39.5 Å². The molecule has 0 atom stereocenters. The predicted molar refractivity (Wildman–Crippen MR) is 99.2 cm³/mol. The molecule has 0 bridgehead atoms.